The summed E-state index contributed by atoms with van der Waals surface area (Å²) in [5.74, 6) is -0.439. The molecule has 0 aliphatic heterocycles. The zero-order valence-corrected chi connectivity index (χ0v) is 19.8. The Morgan fingerprint density at radius 1 is 0.649 bits per heavy atom. The minimum absolute atomic E-state index is 0.439. The van der Waals surface area contributed by atoms with Gasteiger partial charge in [0.05, 0.1) is 0 Å². The second-order valence-corrected chi connectivity index (χ2v) is 10.6. The maximum atomic E-state index is 12.7. The molecule has 0 aliphatic carbocycles. The Morgan fingerprint density at radius 3 is 1.76 bits per heavy atom. The average molecular weight is 520 g/mol. The van der Waals surface area contributed by atoms with Crippen molar-refractivity contribution in [1.82, 2.24) is 0 Å². The maximum absolute atomic E-state index is 12.7. The Kier molecular flexibility index (Phi) is 4.26. The van der Waals surface area contributed by atoms with Gasteiger partial charge in [0.15, 0.2) is 0 Å². The van der Waals surface area contributed by atoms with Crippen LogP contribution in [0.2, 0.25) is 0 Å². The molecule has 37 heavy (non-hydrogen) atoms. The van der Waals surface area contributed by atoms with E-state index in [-0.39, 0.29) is 0 Å². The minimum atomic E-state index is -5.77. The molecule has 0 radical (unpaired) electrons. The molecule has 2 heterocycles. The van der Waals surface area contributed by atoms with Gasteiger partial charge in [-0.25, -0.2) is 0 Å². The molecule has 9 heteroatoms. The third kappa shape index (κ3) is 3.27. The second kappa shape index (κ2) is 7.17. The number of alkyl halides is 3. The number of fused-ring (bicyclic) bond motifs is 9. The van der Waals surface area contributed by atoms with Crippen LogP contribution in [0.3, 0.4) is 0 Å². The normalized spacial score (nSPS) is 13.1. The number of benzene rings is 5. The molecule has 0 saturated carbocycles. The zero-order valence-electron chi connectivity index (χ0n) is 19.0. The standard InChI is InChI=1S/C28H15F3O5S/c1-14-2-3-15-10-20-24(12-17(15)8-14)34-22-6-7-23-27(26(20)22)21-11-16-4-5-19(9-18(16)13-25(21)35-23)36-37(32,33)28(29,30)31/h2-13H,1H3. The number of rotatable bonds is 2. The van der Waals surface area contributed by atoms with Gasteiger partial charge in [0.2, 0.25) is 0 Å². The van der Waals surface area contributed by atoms with Gasteiger partial charge in [0.25, 0.3) is 0 Å². The van der Waals surface area contributed by atoms with Crippen LogP contribution in [0, 0.1) is 6.92 Å². The lowest BCUT2D eigenvalue weighted by Gasteiger charge is -2.10. The van der Waals surface area contributed by atoms with E-state index in [1.54, 1.807) is 6.07 Å². The van der Waals surface area contributed by atoms with Crippen molar-refractivity contribution in [3.8, 4) is 5.75 Å². The van der Waals surface area contributed by atoms with Gasteiger partial charge in [0, 0.05) is 21.5 Å². The van der Waals surface area contributed by atoms with Crippen molar-refractivity contribution < 1.29 is 34.6 Å². The van der Waals surface area contributed by atoms with Crippen LogP contribution in [-0.2, 0) is 10.1 Å². The first-order valence-corrected chi connectivity index (χ1v) is 12.6. The molecule has 7 rings (SSSR count). The van der Waals surface area contributed by atoms with E-state index in [0.29, 0.717) is 27.5 Å². The van der Waals surface area contributed by atoms with Crippen molar-refractivity contribution in [1.29, 1.82) is 0 Å². The van der Waals surface area contributed by atoms with E-state index < -0.39 is 21.4 Å². The van der Waals surface area contributed by atoms with E-state index in [0.717, 1.165) is 43.5 Å². The highest BCUT2D eigenvalue weighted by Crippen LogP contribution is 2.42. The lowest BCUT2D eigenvalue weighted by Crippen LogP contribution is -2.28. The van der Waals surface area contributed by atoms with Gasteiger partial charge >= 0.3 is 15.6 Å². The number of aryl methyl sites for hydroxylation is 1. The van der Waals surface area contributed by atoms with Crippen molar-refractivity contribution in [3.63, 3.8) is 0 Å². The molecule has 0 amide bonds. The molecule has 7 aromatic rings. The Morgan fingerprint density at radius 2 is 1.19 bits per heavy atom. The number of hydrogen-bond donors (Lipinski definition) is 0. The highest BCUT2D eigenvalue weighted by molar-refractivity contribution is 7.88. The van der Waals surface area contributed by atoms with Gasteiger partial charge in [0.1, 0.15) is 28.1 Å². The van der Waals surface area contributed by atoms with Crippen LogP contribution in [0.15, 0.2) is 81.6 Å². The van der Waals surface area contributed by atoms with E-state index in [4.69, 9.17) is 8.83 Å². The first-order valence-electron chi connectivity index (χ1n) is 11.2. The van der Waals surface area contributed by atoms with Gasteiger partial charge < -0.3 is 13.0 Å². The van der Waals surface area contributed by atoms with Crippen molar-refractivity contribution in [2.75, 3.05) is 0 Å². The van der Waals surface area contributed by atoms with Crippen molar-refractivity contribution in [2.45, 2.75) is 12.4 Å². The summed E-state index contributed by atoms with van der Waals surface area (Å²) in [4.78, 5) is 0. The van der Waals surface area contributed by atoms with Gasteiger partial charge in [-0.15, -0.1) is 0 Å². The summed E-state index contributed by atoms with van der Waals surface area (Å²) in [5, 5.41) is 6.82. The smallest absolute Gasteiger partial charge is 0.456 e. The molecule has 0 unspecified atom stereocenters. The fourth-order valence-corrected chi connectivity index (χ4v) is 5.39. The highest BCUT2D eigenvalue weighted by Gasteiger charge is 2.48. The second-order valence-electron chi connectivity index (χ2n) is 9.06. The molecule has 0 spiro atoms. The Labute approximate surface area is 206 Å². The average Bonchev–Trinajstić information content (AvgIpc) is 3.36. The molecule has 0 fully saturated rings. The number of hydrogen-bond acceptors (Lipinski definition) is 5. The number of furan rings is 2. The molecular weight excluding hydrogens is 505 g/mol. The monoisotopic (exact) mass is 520 g/mol. The van der Waals surface area contributed by atoms with Gasteiger partial charge in [-0.1, -0.05) is 29.8 Å². The van der Waals surface area contributed by atoms with Crippen LogP contribution < -0.4 is 4.18 Å². The van der Waals surface area contributed by atoms with Crippen molar-refractivity contribution in [3.05, 3.63) is 78.4 Å². The molecule has 2 aromatic heterocycles. The Hall–Kier alpha value is -4.24. The third-order valence-corrected chi connectivity index (χ3v) is 7.58. The lowest BCUT2D eigenvalue weighted by atomic mass is 10.0. The molecule has 5 nitrogen and oxygen atoms in total. The highest BCUT2D eigenvalue weighted by atomic mass is 32.2. The van der Waals surface area contributed by atoms with E-state index in [2.05, 4.69) is 28.4 Å². The molecule has 0 atom stereocenters. The summed E-state index contributed by atoms with van der Waals surface area (Å²) in [5.41, 5.74) is -1.78. The quantitative estimate of drug-likeness (QED) is 0.169. The van der Waals surface area contributed by atoms with Crippen LogP contribution in [0.25, 0.3) is 65.4 Å². The number of halogens is 3. The molecule has 0 aliphatic rings. The molecule has 5 aromatic carbocycles. The topological polar surface area (TPSA) is 69.7 Å². The fraction of sp³-hybridized carbons (Fsp3) is 0.0714. The minimum Gasteiger partial charge on any atom is -0.456 e. The Bertz CT molecular complexity index is 2190. The summed E-state index contributed by atoms with van der Waals surface area (Å²) < 4.78 is 77.6. The maximum Gasteiger partial charge on any atom is 0.534 e. The van der Waals surface area contributed by atoms with Crippen LogP contribution in [0.4, 0.5) is 13.2 Å². The summed E-state index contributed by atoms with van der Waals surface area (Å²) in [6.07, 6.45) is 0. The largest absolute Gasteiger partial charge is 0.534 e. The van der Waals surface area contributed by atoms with Crippen LogP contribution >= 0.6 is 0 Å². The van der Waals surface area contributed by atoms with Crippen molar-refractivity contribution in [2.24, 2.45) is 0 Å². The molecule has 0 bridgehead atoms. The van der Waals surface area contributed by atoms with E-state index in [1.165, 1.54) is 18.2 Å². The SMILES string of the molecule is Cc1ccc2cc3c(cc2c1)oc1ccc2oc4cc5cc(OS(=O)(=O)C(F)(F)F)ccc5cc4c2c13. The first-order chi connectivity index (χ1) is 17.6. The fourth-order valence-electron chi connectivity index (χ4n) is 4.94. The van der Waals surface area contributed by atoms with Gasteiger partial charge in [-0.05, 0) is 77.0 Å². The molecular formula is C28H15F3O5S. The van der Waals surface area contributed by atoms with Gasteiger partial charge in [-0.2, -0.15) is 21.6 Å². The summed E-state index contributed by atoms with van der Waals surface area (Å²) >= 11 is 0. The zero-order chi connectivity index (χ0) is 25.7. The van der Waals surface area contributed by atoms with Crippen molar-refractivity contribution >= 4 is 75.5 Å². The first kappa shape index (κ1) is 22.0. The predicted octanol–water partition coefficient (Wildman–Crippen LogP) is 8.33. The van der Waals surface area contributed by atoms with E-state index in [9.17, 15) is 21.6 Å². The molecule has 0 N–H and O–H groups in total. The van der Waals surface area contributed by atoms with E-state index in [1.807, 2.05) is 31.2 Å². The Balaban J connectivity index is 1.47. The van der Waals surface area contributed by atoms with Crippen LogP contribution in [0.1, 0.15) is 5.56 Å². The summed E-state index contributed by atoms with van der Waals surface area (Å²) in [6.45, 7) is 2.04. The lowest BCUT2D eigenvalue weighted by molar-refractivity contribution is -0.0500. The van der Waals surface area contributed by atoms with Crippen LogP contribution in [-0.4, -0.2) is 13.9 Å². The third-order valence-electron chi connectivity index (χ3n) is 6.60. The predicted molar refractivity (Wildman–Crippen MR) is 136 cm³/mol. The summed E-state index contributed by atoms with van der Waals surface area (Å²) in [6, 6.07) is 21.5. The molecule has 0 saturated heterocycles. The summed E-state index contributed by atoms with van der Waals surface area (Å²) in [7, 11) is -5.77. The van der Waals surface area contributed by atoms with E-state index >= 15 is 0 Å². The van der Waals surface area contributed by atoms with Gasteiger partial charge in [-0.3, -0.25) is 0 Å². The van der Waals surface area contributed by atoms with Crippen LogP contribution in [0.5, 0.6) is 5.75 Å². The molecule has 184 valence electrons.